The number of benzene rings is 2. The number of halogens is 8. The first-order valence-corrected chi connectivity index (χ1v) is 13.9. The number of likely N-dealkylation sites (N-methyl/N-ethyl adjacent to an activating group) is 1. The van der Waals surface area contributed by atoms with E-state index in [2.05, 4.69) is 5.32 Å². The Morgan fingerprint density at radius 3 is 1.96 bits per heavy atom. The number of rotatable bonds is 5. The molecule has 16 heteroatoms. The molecule has 2 fully saturated rings. The van der Waals surface area contributed by atoms with Crippen LogP contribution >= 0.6 is 0 Å². The Balaban J connectivity index is 1.62. The predicted molar refractivity (Wildman–Crippen MR) is 144 cm³/mol. The number of carbonyl (C=O) groups is 3. The molecule has 2 aromatic rings. The van der Waals surface area contributed by atoms with E-state index >= 15 is 0 Å². The number of carboxylic acid groups (broad SMARTS) is 1. The fraction of sp³-hybridized carbons (Fsp3) is 0.483. The van der Waals surface area contributed by atoms with E-state index in [4.69, 9.17) is 5.11 Å². The molecule has 4 rings (SSSR count). The number of anilines is 1. The second-order valence-corrected chi connectivity index (χ2v) is 11.3. The quantitative estimate of drug-likeness (QED) is 0.371. The number of hydrogen-bond acceptors (Lipinski definition) is 3. The van der Waals surface area contributed by atoms with Gasteiger partial charge in [-0.2, -0.15) is 26.3 Å². The lowest BCUT2D eigenvalue weighted by Crippen LogP contribution is -2.48. The number of carbonyl (C=O) groups excluding carboxylic acids is 2. The lowest BCUT2D eigenvalue weighted by atomic mass is 9.85. The molecule has 1 saturated heterocycles. The summed E-state index contributed by atoms with van der Waals surface area (Å²) in [7, 11) is 2.22. The zero-order valence-electron chi connectivity index (χ0n) is 24.1. The number of amides is 4. The van der Waals surface area contributed by atoms with Crippen LogP contribution in [-0.4, -0.2) is 72.2 Å². The maximum absolute atomic E-state index is 15.0. The van der Waals surface area contributed by atoms with Crippen LogP contribution in [0.3, 0.4) is 0 Å². The number of nitrogens with one attached hydrogen (secondary N) is 1. The van der Waals surface area contributed by atoms with Crippen molar-refractivity contribution in [1.82, 2.24) is 15.1 Å². The van der Waals surface area contributed by atoms with E-state index < -0.39 is 70.8 Å². The Labute approximate surface area is 252 Å². The molecule has 0 aromatic heterocycles. The molecular weight excluding hydrogens is 620 g/mol. The molecule has 2 aromatic carbocycles. The molecule has 8 nitrogen and oxygen atoms in total. The fourth-order valence-electron chi connectivity index (χ4n) is 6.01. The average molecular weight is 651 g/mol. The number of likely N-dealkylation sites (tertiary alicyclic amines) is 1. The summed E-state index contributed by atoms with van der Waals surface area (Å²) >= 11 is 0. The van der Waals surface area contributed by atoms with Crippen LogP contribution in [0.2, 0.25) is 0 Å². The van der Waals surface area contributed by atoms with Crippen LogP contribution in [0.1, 0.15) is 48.3 Å². The summed E-state index contributed by atoms with van der Waals surface area (Å²) in [5.41, 5.74) is -3.97. The maximum atomic E-state index is 15.0. The highest BCUT2D eigenvalue weighted by atomic mass is 19.4. The molecular formula is C29H30F8N4O4. The van der Waals surface area contributed by atoms with Gasteiger partial charge in [0.05, 0.1) is 17.2 Å². The zero-order valence-corrected chi connectivity index (χ0v) is 24.1. The summed E-state index contributed by atoms with van der Waals surface area (Å²) in [5, 5.41) is 11.3. The third-order valence-corrected chi connectivity index (χ3v) is 8.41. The van der Waals surface area contributed by atoms with Crippen LogP contribution in [0, 0.1) is 17.6 Å². The Morgan fingerprint density at radius 2 is 1.44 bits per heavy atom. The molecule has 1 heterocycles. The van der Waals surface area contributed by atoms with Gasteiger partial charge >= 0.3 is 24.5 Å². The van der Waals surface area contributed by atoms with Gasteiger partial charge in [-0.1, -0.05) is 6.07 Å². The van der Waals surface area contributed by atoms with Crippen LogP contribution in [0.5, 0.6) is 0 Å². The Bertz CT molecular complexity index is 1410. The van der Waals surface area contributed by atoms with E-state index in [0.29, 0.717) is 48.8 Å². The van der Waals surface area contributed by atoms with Crippen LogP contribution < -0.4 is 10.2 Å². The van der Waals surface area contributed by atoms with Gasteiger partial charge in [0.1, 0.15) is 11.6 Å². The molecule has 1 aliphatic carbocycles. The fourth-order valence-corrected chi connectivity index (χ4v) is 6.01. The third-order valence-electron chi connectivity index (χ3n) is 8.41. The molecule has 0 bridgehead atoms. The van der Waals surface area contributed by atoms with Gasteiger partial charge in [0.15, 0.2) is 0 Å². The van der Waals surface area contributed by atoms with Crippen molar-refractivity contribution in [3.05, 3.63) is 64.7 Å². The molecule has 2 atom stereocenters. The van der Waals surface area contributed by atoms with E-state index in [-0.39, 0.29) is 36.7 Å². The van der Waals surface area contributed by atoms with Gasteiger partial charge in [0, 0.05) is 56.8 Å². The molecule has 45 heavy (non-hydrogen) atoms. The number of hydrogen-bond donors (Lipinski definition) is 2. The summed E-state index contributed by atoms with van der Waals surface area (Å²) in [4.78, 5) is 41.0. The SMILES string of the molecule is CN(C(=O)N(C)[C@@H]1CN(C(=O)C2CCC(NC(=O)O)CC2)C[C@H]1c1ccc(F)cc1F)c1cc(C(F)(F)F)cc(C(F)(F)F)c1. The van der Waals surface area contributed by atoms with Crippen LogP contribution in [0.4, 0.5) is 50.4 Å². The Hall–Kier alpha value is -4.11. The van der Waals surface area contributed by atoms with Gasteiger partial charge in [-0.15, -0.1) is 0 Å². The van der Waals surface area contributed by atoms with Crippen molar-refractivity contribution >= 4 is 23.7 Å². The third kappa shape index (κ3) is 7.59. The number of alkyl halides is 6. The highest BCUT2D eigenvalue weighted by Gasteiger charge is 2.44. The van der Waals surface area contributed by atoms with Crippen molar-refractivity contribution in [3.8, 4) is 0 Å². The normalized spacial score (nSPS) is 22.2. The van der Waals surface area contributed by atoms with Crippen molar-refractivity contribution in [2.75, 3.05) is 32.1 Å². The minimum atomic E-state index is -5.15. The summed E-state index contributed by atoms with van der Waals surface area (Å²) in [6.07, 6.45) is -9.97. The van der Waals surface area contributed by atoms with Gasteiger partial charge in [0.25, 0.3) is 0 Å². The topological polar surface area (TPSA) is 93.2 Å². The van der Waals surface area contributed by atoms with Crippen molar-refractivity contribution in [1.29, 1.82) is 0 Å². The first-order valence-electron chi connectivity index (χ1n) is 13.9. The van der Waals surface area contributed by atoms with E-state index in [1.54, 1.807) is 0 Å². The maximum Gasteiger partial charge on any atom is 0.416 e. The minimum Gasteiger partial charge on any atom is -0.465 e. The molecule has 1 aliphatic heterocycles. The van der Waals surface area contributed by atoms with Gasteiger partial charge < -0.3 is 20.2 Å². The minimum absolute atomic E-state index is 0.0354. The van der Waals surface area contributed by atoms with E-state index in [9.17, 15) is 49.5 Å². The molecule has 0 unspecified atom stereocenters. The monoisotopic (exact) mass is 650 g/mol. The first-order chi connectivity index (χ1) is 20.9. The lowest BCUT2D eigenvalue weighted by Gasteiger charge is -2.33. The summed E-state index contributed by atoms with van der Waals surface area (Å²) in [5.74, 6) is -3.58. The van der Waals surface area contributed by atoms with Crippen LogP contribution in [0.15, 0.2) is 36.4 Å². The first kappa shape index (κ1) is 33.8. The Morgan fingerprint density at radius 1 is 0.867 bits per heavy atom. The molecule has 0 spiro atoms. The van der Waals surface area contributed by atoms with E-state index in [1.165, 1.54) is 11.9 Å². The highest BCUT2D eigenvalue weighted by molar-refractivity contribution is 5.92. The molecule has 1 saturated carbocycles. The average Bonchev–Trinajstić information content (AvgIpc) is 3.39. The molecule has 4 amide bonds. The molecule has 246 valence electrons. The highest BCUT2D eigenvalue weighted by Crippen LogP contribution is 2.40. The predicted octanol–water partition coefficient (Wildman–Crippen LogP) is 6.31. The second kappa shape index (κ2) is 12.7. The molecule has 0 radical (unpaired) electrons. The number of nitrogens with zero attached hydrogens (tertiary/aromatic N) is 3. The van der Waals surface area contributed by atoms with Crippen molar-refractivity contribution in [3.63, 3.8) is 0 Å². The largest absolute Gasteiger partial charge is 0.465 e. The summed E-state index contributed by atoms with van der Waals surface area (Å²) in [6.45, 7) is -0.261. The number of urea groups is 1. The molecule has 2 N–H and O–H groups in total. The van der Waals surface area contributed by atoms with Crippen molar-refractivity contribution < 1.29 is 54.6 Å². The second-order valence-electron chi connectivity index (χ2n) is 11.3. The van der Waals surface area contributed by atoms with Gasteiger partial charge in [-0.05, 0) is 55.5 Å². The summed E-state index contributed by atoms with van der Waals surface area (Å²) < 4.78 is 109. The smallest absolute Gasteiger partial charge is 0.416 e. The van der Waals surface area contributed by atoms with Crippen molar-refractivity contribution in [2.24, 2.45) is 5.92 Å². The van der Waals surface area contributed by atoms with Gasteiger partial charge in [-0.25, -0.2) is 18.4 Å². The van der Waals surface area contributed by atoms with E-state index in [0.717, 1.165) is 24.1 Å². The molecule has 2 aliphatic rings. The van der Waals surface area contributed by atoms with Gasteiger partial charge in [-0.3, -0.25) is 9.69 Å². The lowest BCUT2D eigenvalue weighted by molar-refractivity contribution is -0.143. The van der Waals surface area contributed by atoms with Crippen LogP contribution in [-0.2, 0) is 17.1 Å². The van der Waals surface area contributed by atoms with Crippen molar-refractivity contribution in [2.45, 2.75) is 56.0 Å². The van der Waals surface area contributed by atoms with Crippen LogP contribution in [0.25, 0.3) is 0 Å². The standard InChI is InChI=1S/C29H30F8N4O4/c1-39(20-10-16(28(32,33)34)9-17(11-20)29(35,36)37)27(45)40(2)24-14-41(13-22(24)21-8-5-18(30)12-23(21)31)25(42)15-3-6-19(7-4-15)38-26(43)44/h5,8-12,15,19,22,24,38H,3-4,6-7,13-14H2,1-2H3,(H,43,44)/t15?,19?,22-,24+/m0/s1. The Kier molecular flexibility index (Phi) is 9.54. The summed E-state index contributed by atoms with van der Waals surface area (Å²) in [6, 6.07) is 1.15. The zero-order chi connectivity index (χ0) is 33.4. The van der Waals surface area contributed by atoms with E-state index in [1.807, 2.05) is 0 Å². The van der Waals surface area contributed by atoms with Gasteiger partial charge in [0.2, 0.25) is 5.91 Å².